The van der Waals surface area contributed by atoms with Crippen LogP contribution in [0.25, 0.3) is 0 Å². The van der Waals surface area contributed by atoms with Crippen LogP contribution < -0.4 is 5.32 Å². The normalized spacial score (nSPS) is 10.2. The minimum absolute atomic E-state index is 0.0187. The van der Waals surface area contributed by atoms with E-state index in [0.717, 1.165) is 11.3 Å². The molecule has 0 unspecified atom stereocenters. The number of phenols is 1. The Kier molecular flexibility index (Phi) is 3.68. The number of hydrogen-bond acceptors (Lipinski definition) is 5. The molecule has 0 aliphatic rings. The minimum atomic E-state index is -0.561. The first-order valence-corrected chi connectivity index (χ1v) is 6.21. The zero-order valence-corrected chi connectivity index (χ0v) is 10.9. The summed E-state index contributed by atoms with van der Waals surface area (Å²) in [5, 5.41) is 22.3. The topological polar surface area (TPSA) is 92.5 Å². The molecule has 8 heteroatoms. The van der Waals surface area contributed by atoms with Crippen LogP contribution in [-0.4, -0.2) is 15.9 Å². The van der Waals surface area contributed by atoms with Crippen LogP contribution in [0.2, 0.25) is 5.02 Å². The molecule has 6 nitrogen and oxygen atoms in total. The summed E-state index contributed by atoms with van der Waals surface area (Å²) < 4.78 is 0. The number of thiophene rings is 1. The lowest BCUT2D eigenvalue weighted by molar-refractivity contribution is -0.380. The Hall–Kier alpha value is -2.12. The first-order valence-electron chi connectivity index (χ1n) is 5.01. The third-order valence-electron chi connectivity index (χ3n) is 2.20. The smallest absolute Gasteiger partial charge is 0.324 e. The molecule has 98 valence electrons. The van der Waals surface area contributed by atoms with Gasteiger partial charge in [-0.2, -0.15) is 0 Å². The number of aromatic hydroxyl groups is 1. The predicted molar refractivity (Wildman–Crippen MR) is 72.0 cm³/mol. The Morgan fingerprint density at radius 3 is 2.68 bits per heavy atom. The first kappa shape index (κ1) is 13.3. The van der Waals surface area contributed by atoms with Crippen LogP contribution in [0.5, 0.6) is 5.75 Å². The maximum Gasteiger partial charge on any atom is 0.324 e. The molecule has 2 aromatic rings. The number of carbonyl (C=O) groups is 1. The van der Waals surface area contributed by atoms with Crippen molar-refractivity contribution in [2.24, 2.45) is 0 Å². The van der Waals surface area contributed by atoms with E-state index in [4.69, 9.17) is 11.6 Å². The highest BCUT2D eigenvalue weighted by molar-refractivity contribution is 7.17. The molecule has 1 amide bonds. The largest absolute Gasteiger partial charge is 0.508 e. The Balaban J connectivity index is 2.18. The number of nitrogens with one attached hydrogen (secondary N) is 1. The fourth-order valence-electron chi connectivity index (χ4n) is 1.34. The van der Waals surface area contributed by atoms with E-state index >= 15 is 0 Å². The van der Waals surface area contributed by atoms with Crippen molar-refractivity contribution in [3.05, 3.63) is 50.3 Å². The summed E-state index contributed by atoms with van der Waals surface area (Å²) in [5.41, 5.74) is 0.320. The summed E-state index contributed by atoms with van der Waals surface area (Å²) >= 11 is 6.61. The summed E-state index contributed by atoms with van der Waals surface area (Å²) in [6.07, 6.45) is 0. The van der Waals surface area contributed by atoms with Crippen molar-refractivity contribution in [3.8, 4) is 5.75 Å². The van der Waals surface area contributed by atoms with Gasteiger partial charge in [-0.25, -0.2) is 0 Å². The number of nitrogens with zero attached hydrogens (tertiary/aromatic N) is 1. The highest BCUT2D eigenvalue weighted by atomic mass is 35.5. The SMILES string of the molecule is O=C(Nc1ccc(O)cc1Cl)c1ccc([N+](=O)[O-])s1. The molecule has 0 saturated carbocycles. The lowest BCUT2D eigenvalue weighted by atomic mass is 10.3. The van der Waals surface area contributed by atoms with E-state index in [1.54, 1.807) is 0 Å². The number of carbonyl (C=O) groups excluding carboxylic acids is 1. The van der Waals surface area contributed by atoms with E-state index in [1.807, 2.05) is 0 Å². The zero-order chi connectivity index (χ0) is 14.0. The fourth-order valence-corrected chi connectivity index (χ4v) is 2.27. The van der Waals surface area contributed by atoms with Gasteiger partial charge in [-0.3, -0.25) is 14.9 Å². The lowest BCUT2D eigenvalue weighted by Crippen LogP contribution is -2.10. The van der Waals surface area contributed by atoms with E-state index < -0.39 is 10.8 Å². The second-order valence-electron chi connectivity index (χ2n) is 3.51. The van der Waals surface area contributed by atoms with Crippen molar-refractivity contribution in [3.63, 3.8) is 0 Å². The van der Waals surface area contributed by atoms with E-state index in [-0.39, 0.29) is 20.7 Å². The van der Waals surface area contributed by atoms with Gasteiger partial charge < -0.3 is 10.4 Å². The molecule has 0 aliphatic heterocycles. The van der Waals surface area contributed by atoms with Crippen molar-refractivity contribution >= 4 is 39.5 Å². The standard InChI is InChI=1S/C11H7ClN2O4S/c12-7-5-6(15)1-2-8(7)13-11(16)9-3-4-10(19-9)14(17)18/h1-5,15H,(H,13,16). The molecular formula is C11H7ClN2O4S. The predicted octanol–water partition coefficient (Wildman–Crippen LogP) is 3.27. The molecule has 0 radical (unpaired) electrons. The van der Waals surface area contributed by atoms with Crippen LogP contribution in [0.3, 0.4) is 0 Å². The van der Waals surface area contributed by atoms with Gasteiger partial charge in [-0.05, 0) is 18.2 Å². The molecule has 1 aromatic carbocycles. The molecule has 1 aromatic heterocycles. The van der Waals surface area contributed by atoms with Gasteiger partial charge in [0.05, 0.1) is 20.5 Å². The quantitative estimate of drug-likeness (QED) is 0.517. The second-order valence-corrected chi connectivity index (χ2v) is 4.98. The number of phenolic OH excluding ortho intramolecular Hbond substituents is 1. The summed E-state index contributed by atoms with van der Waals surface area (Å²) in [7, 11) is 0. The number of rotatable bonds is 3. The number of benzene rings is 1. The van der Waals surface area contributed by atoms with E-state index in [2.05, 4.69) is 5.32 Å². The molecule has 2 N–H and O–H groups in total. The van der Waals surface area contributed by atoms with E-state index in [0.29, 0.717) is 5.69 Å². The van der Waals surface area contributed by atoms with Gasteiger partial charge in [0, 0.05) is 12.1 Å². The van der Waals surface area contributed by atoms with E-state index in [1.165, 1.54) is 30.3 Å². The lowest BCUT2D eigenvalue weighted by Gasteiger charge is -2.05. The second kappa shape index (κ2) is 5.25. The van der Waals surface area contributed by atoms with Gasteiger partial charge in [0.25, 0.3) is 5.91 Å². The van der Waals surface area contributed by atoms with Gasteiger partial charge in [0.1, 0.15) is 5.75 Å². The van der Waals surface area contributed by atoms with Crippen LogP contribution in [0.4, 0.5) is 10.7 Å². The molecular weight excluding hydrogens is 292 g/mol. The molecule has 0 bridgehead atoms. The van der Waals surface area contributed by atoms with Gasteiger partial charge in [0.15, 0.2) is 0 Å². The Labute approximate surface area is 116 Å². The van der Waals surface area contributed by atoms with Gasteiger partial charge in [-0.1, -0.05) is 22.9 Å². The van der Waals surface area contributed by atoms with Crippen LogP contribution in [0, 0.1) is 10.1 Å². The third kappa shape index (κ3) is 3.01. The molecule has 2 rings (SSSR count). The molecule has 0 spiro atoms. The molecule has 0 atom stereocenters. The minimum Gasteiger partial charge on any atom is -0.508 e. The molecule has 19 heavy (non-hydrogen) atoms. The Morgan fingerprint density at radius 2 is 2.11 bits per heavy atom. The summed E-state index contributed by atoms with van der Waals surface area (Å²) in [6.45, 7) is 0. The van der Waals surface area contributed by atoms with Crippen molar-refractivity contribution in [1.82, 2.24) is 0 Å². The van der Waals surface area contributed by atoms with Gasteiger partial charge >= 0.3 is 5.00 Å². The molecule has 1 heterocycles. The Morgan fingerprint density at radius 1 is 1.37 bits per heavy atom. The average Bonchev–Trinajstić information content (AvgIpc) is 2.82. The Bertz CT molecular complexity index is 656. The zero-order valence-electron chi connectivity index (χ0n) is 9.29. The maximum atomic E-state index is 11.8. The van der Waals surface area contributed by atoms with Crippen molar-refractivity contribution < 1.29 is 14.8 Å². The average molecular weight is 299 g/mol. The van der Waals surface area contributed by atoms with Crippen LogP contribution in [0.15, 0.2) is 30.3 Å². The van der Waals surface area contributed by atoms with Crippen molar-refractivity contribution in [1.29, 1.82) is 0 Å². The third-order valence-corrected chi connectivity index (χ3v) is 3.54. The number of anilines is 1. The monoisotopic (exact) mass is 298 g/mol. The van der Waals surface area contributed by atoms with Crippen LogP contribution in [-0.2, 0) is 0 Å². The highest BCUT2D eigenvalue weighted by Crippen LogP contribution is 2.28. The maximum absolute atomic E-state index is 11.8. The van der Waals surface area contributed by atoms with E-state index in [9.17, 15) is 20.0 Å². The van der Waals surface area contributed by atoms with Crippen LogP contribution in [0.1, 0.15) is 9.67 Å². The molecule has 0 fully saturated rings. The summed E-state index contributed by atoms with van der Waals surface area (Å²) in [4.78, 5) is 22.0. The number of amides is 1. The first-order chi connectivity index (χ1) is 8.97. The van der Waals surface area contributed by atoms with Gasteiger partial charge in [0.2, 0.25) is 0 Å². The van der Waals surface area contributed by atoms with Gasteiger partial charge in [-0.15, -0.1) is 0 Å². The highest BCUT2D eigenvalue weighted by Gasteiger charge is 2.16. The van der Waals surface area contributed by atoms with Crippen molar-refractivity contribution in [2.45, 2.75) is 0 Å². The summed E-state index contributed by atoms with van der Waals surface area (Å²) in [5.74, 6) is -0.513. The summed E-state index contributed by atoms with van der Waals surface area (Å²) in [6, 6.07) is 6.73. The number of halogens is 1. The number of nitro groups is 1. The van der Waals surface area contributed by atoms with Crippen LogP contribution >= 0.6 is 22.9 Å². The fraction of sp³-hybridized carbons (Fsp3) is 0. The molecule has 0 aliphatic carbocycles. The van der Waals surface area contributed by atoms with Crippen molar-refractivity contribution in [2.75, 3.05) is 5.32 Å². The molecule has 0 saturated heterocycles. The number of hydrogen-bond donors (Lipinski definition) is 2.